The molecule has 1 aliphatic carbocycles. The first-order chi connectivity index (χ1) is 15.2. The lowest BCUT2D eigenvalue weighted by Gasteiger charge is -2.60. The van der Waals surface area contributed by atoms with Gasteiger partial charge < -0.3 is 50.6 Å². The summed E-state index contributed by atoms with van der Waals surface area (Å²) in [7, 11) is 3.29. The van der Waals surface area contributed by atoms with Crippen LogP contribution in [0.25, 0.3) is 0 Å². The lowest BCUT2D eigenvalue weighted by atomic mass is 9.77. The smallest absolute Gasteiger partial charge is 0.249 e. The van der Waals surface area contributed by atoms with E-state index in [-0.39, 0.29) is 13.0 Å². The SMILES string of the molecule is CN[C@@H]1[C@H](O)[C@H](NC)[C@H]2O[C@]3(O)[C@H](O[C@@H]2[C@H]1O)O[C@H](C)C[C@@]3(O)CNCCc1nccs1. The molecule has 0 aromatic carbocycles. The highest BCUT2D eigenvalue weighted by molar-refractivity contribution is 7.09. The standard InChI is InChI=1S/C20H34N4O7S/c1-10-8-19(27,9-23-5-4-11-24-6-7-32-11)20(28)18(29-10)30-17-15(26)12(21-2)14(25)13(22-3)16(17)31-20/h6-7,10,12-18,21-23,25-28H,4-5,8-9H2,1-3H3/t10-,12-,13+,14+,15+,16-,17-,18+,19-,20-/m1/s1. The Balaban J connectivity index is 1.53. The number of hydrogen-bond acceptors (Lipinski definition) is 12. The molecule has 182 valence electrons. The van der Waals surface area contributed by atoms with E-state index in [1.54, 1.807) is 38.6 Å². The van der Waals surface area contributed by atoms with Crippen LogP contribution >= 0.6 is 11.3 Å². The van der Waals surface area contributed by atoms with Crippen LogP contribution in [-0.4, -0.2) is 113 Å². The molecule has 0 radical (unpaired) electrons. The zero-order valence-electron chi connectivity index (χ0n) is 18.5. The zero-order chi connectivity index (χ0) is 23.1. The number of rotatable bonds is 7. The van der Waals surface area contributed by atoms with Gasteiger partial charge in [0, 0.05) is 37.5 Å². The maximum atomic E-state index is 11.6. The van der Waals surface area contributed by atoms with E-state index in [4.69, 9.17) is 14.2 Å². The number of nitrogens with one attached hydrogen (secondary N) is 3. The highest BCUT2D eigenvalue weighted by Gasteiger charge is 2.68. The van der Waals surface area contributed by atoms with Crippen LogP contribution < -0.4 is 16.0 Å². The molecule has 7 N–H and O–H groups in total. The van der Waals surface area contributed by atoms with Crippen LogP contribution in [0.3, 0.4) is 0 Å². The third kappa shape index (κ3) is 4.12. The minimum atomic E-state index is -2.20. The minimum absolute atomic E-state index is 0.0360. The van der Waals surface area contributed by atoms with E-state index in [0.29, 0.717) is 13.0 Å². The molecular weight excluding hydrogens is 440 g/mol. The molecular formula is C20H34N4O7S. The lowest BCUT2D eigenvalue weighted by molar-refractivity contribution is -0.482. The topological polar surface area (TPSA) is 158 Å². The molecule has 11 nitrogen and oxygen atoms in total. The van der Waals surface area contributed by atoms with Crippen molar-refractivity contribution in [3.05, 3.63) is 16.6 Å². The van der Waals surface area contributed by atoms with Gasteiger partial charge in [-0.25, -0.2) is 4.98 Å². The Hall–Kier alpha value is -0.770. The summed E-state index contributed by atoms with van der Waals surface area (Å²) in [6, 6.07) is -1.33. The van der Waals surface area contributed by atoms with Crippen LogP contribution in [0.1, 0.15) is 18.4 Å². The number of aromatic nitrogens is 1. The average molecular weight is 475 g/mol. The first-order valence-corrected chi connectivity index (χ1v) is 11.9. The molecule has 0 amide bonds. The highest BCUT2D eigenvalue weighted by atomic mass is 32.1. The quantitative estimate of drug-likeness (QED) is 0.210. The van der Waals surface area contributed by atoms with E-state index < -0.39 is 60.3 Å². The molecule has 10 atom stereocenters. The van der Waals surface area contributed by atoms with Gasteiger partial charge in [0.05, 0.1) is 29.3 Å². The number of thiazole rings is 1. The first-order valence-electron chi connectivity index (χ1n) is 11.0. The zero-order valence-corrected chi connectivity index (χ0v) is 19.3. The van der Waals surface area contributed by atoms with Crippen molar-refractivity contribution < 1.29 is 34.6 Å². The average Bonchev–Trinajstić information content (AvgIpc) is 3.26. The molecule has 1 aromatic heterocycles. The first kappa shape index (κ1) is 24.4. The van der Waals surface area contributed by atoms with Gasteiger partial charge in [-0.15, -0.1) is 11.3 Å². The van der Waals surface area contributed by atoms with E-state index in [0.717, 1.165) is 5.01 Å². The summed E-state index contributed by atoms with van der Waals surface area (Å²) in [5, 5.41) is 56.7. The second-order valence-electron chi connectivity index (χ2n) is 8.86. The maximum Gasteiger partial charge on any atom is 0.249 e. The monoisotopic (exact) mass is 474 g/mol. The van der Waals surface area contributed by atoms with Crippen molar-refractivity contribution in [2.24, 2.45) is 0 Å². The van der Waals surface area contributed by atoms with Crippen LogP contribution in [0.15, 0.2) is 11.6 Å². The van der Waals surface area contributed by atoms with Gasteiger partial charge in [0.15, 0.2) is 0 Å². The number of nitrogens with zero attached hydrogens (tertiary/aromatic N) is 1. The van der Waals surface area contributed by atoms with E-state index in [1.807, 2.05) is 5.38 Å². The fraction of sp³-hybridized carbons (Fsp3) is 0.850. The lowest BCUT2D eigenvalue weighted by Crippen LogP contribution is -2.81. The van der Waals surface area contributed by atoms with Crippen molar-refractivity contribution in [3.63, 3.8) is 0 Å². The molecule has 3 aliphatic rings. The van der Waals surface area contributed by atoms with Crippen LogP contribution in [0.2, 0.25) is 0 Å². The van der Waals surface area contributed by atoms with Gasteiger partial charge in [-0.05, 0) is 21.0 Å². The van der Waals surface area contributed by atoms with Crippen molar-refractivity contribution in [3.8, 4) is 0 Å². The van der Waals surface area contributed by atoms with Gasteiger partial charge in [0.1, 0.15) is 23.9 Å². The molecule has 32 heavy (non-hydrogen) atoms. The van der Waals surface area contributed by atoms with Gasteiger partial charge in [0.25, 0.3) is 0 Å². The summed E-state index contributed by atoms with van der Waals surface area (Å²) < 4.78 is 17.9. The molecule has 0 bridgehead atoms. The molecule has 2 saturated heterocycles. The molecule has 1 aromatic rings. The summed E-state index contributed by atoms with van der Waals surface area (Å²) in [5.41, 5.74) is -1.72. The largest absolute Gasteiger partial charge is 0.390 e. The third-order valence-corrected chi connectivity index (χ3v) is 7.60. The Labute approximate surface area is 191 Å². The minimum Gasteiger partial charge on any atom is -0.390 e. The highest BCUT2D eigenvalue weighted by Crippen LogP contribution is 2.46. The molecule has 12 heteroatoms. The van der Waals surface area contributed by atoms with E-state index in [2.05, 4.69) is 20.9 Å². The van der Waals surface area contributed by atoms with Crippen molar-refractivity contribution in [1.82, 2.24) is 20.9 Å². The number of aliphatic hydroxyl groups is 4. The van der Waals surface area contributed by atoms with Crippen molar-refractivity contribution in [2.75, 3.05) is 27.2 Å². The molecule has 1 saturated carbocycles. The van der Waals surface area contributed by atoms with Crippen LogP contribution in [-0.2, 0) is 20.6 Å². The van der Waals surface area contributed by atoms with Crippen molar-refractivity contribution >= 4 is 11.3 Å². The summed E-state index contributed by atoms with van der Waals surface area (Å²) >= 11 is 1.56. The fourth-order valence-corrected chi connectivity index (χ4v) is 5.72. The third-order valence-electron chi connectivity index (χ3n) is 6.77. The fourth-order valence-electron chi connectivity index (χ4n) is 5.10. The summed E-state index contributed by atoms with van der Waals surface area (Å²) in [6.07, 6.45) is -3.11. The van der Waals surface area contributed by atoms with Crippen LogP contribution in [0, 0.1) is 0 Å². The Morgan fingerprint density at radius 1 is 1.12 bits per heavy atom. The van der Waals surface area contributed by atoms with E-state index in [9.17, 15) is 20.4 Å². The van der Waals surface area contributed by atoms with Gasteiger partial charge in [-0.1, -0.05) is 0 Å². The molecule has 2 aliphatic heterocycles. The van der Waals surface area contributed by atoms with Gasteiger partial charge in [-0.2, -0.15) is 0 Å². The van der Waals surface area contributed by atoms with Crippen LogP contribution in [0.5, 0.6) is 0 Å². The predicted octanol–water partition coefficient (Wildman–Crippen LogP) is -2.47. The molecule has 4 rings (SSSR count). The Bertz CT molecular complexity index is 760. The van der Waals surface area contributed by atoms with Crippen molar-refractivity contribution in [2.45, 2.75) is 80.0 Å². The maximum absolute atomic E-state index is 11.6. The molecule has 0 unspecified atom stereocenters. The van der Waals surface area contributed by atoms with Gasteiger partial charge in [0.2, 0.25) is 12.1 Å². The molecule has 0 spiro atoms. The number of likely N-dealkylation sites (N-methyl/N-ethyl adjacent to an activating group) is 2. The number of fused-ring (bicyclic) bond motifs is 2. The summed E-state index contributed by atoms with van der Waals surface area (Å²) in [5.74, 6) is -2.20. The van der Waals surface area contributed by atoms with Gasteiger partial charge >= 0.3 is 0 Å². The number of aliphatic hydroxyl groups excluding tert-OH is 2. The number of hydrogen-bond donors (Lipinski definition) is 7. The normalized spacial score (nSPS) is 46.5. The summed E-state index contributed by atoms with van der Waals surface area (Å²) in [6.45, 7) is 2.37. The molecule has 3 heterocycles. The van der Waals surface area contributed by atoms with Crippen molar-refractivity contribution in [1.29, 1.82) is 0 Å². The van der Waals surface area contributed by atoms with E-state index >= 15 is 0 Å². The Kier molecular flexibility index (Phi) is 7.21. The van der Waals surface area contributed by atoms with E-state index in [1.165, 1.54) is 0 Å². The van der Waals surface area contributed by atoms with Gasteiger partial charge in [-0.3, -0.25) is 0 Å². The number of ether oxygens (including phenoxy) is 3. The van der Waals surface area contributed by atoms with Crippen LogP contribution in [0.4, 0.5) is 0 Å². The Morgan fingerprint density at radius 2 is 1.88 bits per heavy atom. The second-order valence-corrected chi connectivity index (χ2v) is 9.84. The molecule has 3 fully saturated rings. The predicted molar refractivity (Wildman–Crippen MR) is 115 cm³/mol. The Morgan fingerprint density at radius 3 is 2.53 bits per heavy atom. The summed E-state index contributed by atoms with van der Waals surface area (Å²) in [4.78, 5) is 4.24. The second kappa shape index (κ2) is 9.47.